The lowest BCUT2D eigenvalue weighted by Crippen LogP contribution is -2.42. The number of para-hydroxylation sites is 1. The summed E-state index contributed by atoms with van der Waals surface area (Å²) in [5, 5.41) is 4.19. The summed E-state index contributed by atoms with van der Waals surface area (Å²) < 4.78 is 11.2. The number of thiazole rings is 1. The molecule has 0 spiro atoms. The summed E-state index contributed by atoms with van der Waals surface area (Å²) in [7, 11) is 0. The normalized spacial score (nSPS) is 17.0. The van der Waals surface area contributed by atoms with E-state index in [0.29, 0.717) is 59.0 Å². The van der Waals surface area contributed by atoms with Gasteiger partial charge in [0.15, 0.2) is 11.5 Å². The van der Waals surface area contributed by atoms with Gasteiger partial charge in [-0.3, -0.25) is 9.59 Å². The molecule has 0 bridgehead atoms. The third-order valence-electron chi connectivity index (χ3n) is 5.53. The van der Waals surface area contributed by atoms with Gasteiger partial charge in [-0.1, -0.05) is 29.8 Å². The lowest BCUT2D eigenvalue weighted by Gasteiger charge is -2.24. The van der Waals surface area contributed by atoms with Crippen LogP contribution in [0.3, 0.4) is 0 Å². The largest absolute Gasteiger partial charge is 0.486 e. The second-order valence-corrected chi connectivity index (χ2v) is 10.7. The monoisotopic (exact) mass is 515 g/mol. The van der Waals surface area contributed by atoms with Gasteiger partial charge in [-0.05, 0) is 31.2 Å². The number of amides is 2. The molecule has 3 aromatic rings. The van der Waals surface area contributed by atoms with Crippen LogP contribution >= 0.6 is 34.7 Å². The second kappa shape index (κ2) is 9.85. The molecule has 1 fully saturated rings. The SMILES string of the molecule is Cc1nc(-c2cccc(Cl)c2)c(C(=O)N2CCSC2CNC(=O)c2cccc3c2OCCO3)s1. The van der Waals surface area contributed by atoms with Gasteiger partial charge in [0.05, 0.1) is 21.6 Å². The number of ether oxygens (including phenoxy) is 2. The zero-order chi connectivity index (χ0) is 23.7. The van der Waals surface area contributed by atoms with Crippen LogP contribution in [0.1, 0.15) is 25.0 Å². The van der Waals surface area contributed by atoms with E-state index in [2.05, 4.69) is 10.3 Å². The highest BCUT2D eigenvalue weighted by atomic mass is 35.5. The summed E-state index contributed by atoms with van der Waals surface area (Å²) in [6.07, 6.45) is 0. The molecule has 2 aromatic carbocycles. The smallest absolute Gasteiger partial charge is 0.267 e. The van der Waals surface area contributed by atoms with E-state index >= 15 is 0 Å². The topological polar surface area (TPSA) is 80.8 Å². The Kier molecular flexibility index (Phi) is 6.67. The molecule has 1 saturated heterocycles. The number of aryl methyl sites for hydroxylation is 1. The maximum Gasteiger partial charge on any atom is 0.267 e. The van der Waals surface area contributed by atoms with Gasteiger partial charge < -0.3 is 19.7 Å². The molecule has 2 amide bonds. The Hall–Kier alpha value is -2.75. The first-order chi connectivity index (χ1) is 16.5. The van der Waals surface area contributed by atoms with Gasteiger partial charge in [0.2, 0.25) is 0 Å². The van der Waals surface area contributed by atoms with E-state index in [9.17, 15) is 9.59 Å². The first-order valence-electron chi connectivity index (χ1n) is 10.8. The van der Waals surface area contributed by atoms with E-state index in [1.165, 1.54) is 11.3 Å². The highest BCUT2D eigenvalue weighted by Gasteiger charge is 2.33. The van der Waals surface area contributed by atoms with Gasteiger partial charge in [0, 0.05) is 29.4 Å². The first-order valence-corrected chi connectivity index (χ1v) is 13.1. The summed E-state index contributed by atoms with van der Waals surface area (Å²) in [6.45, 7) is 3.68. The van der Waals surface area contributed by atoms with Crippen LogP contribution in [0.4, 0.5) is 0 Å². The Morgan fingerprint density at radius 2 is 2.03 bits per heavy atom. The van der Waals surface area contributed by atoms with Gasteiger partial charge in [-0.15, -0.1) is 23.1 Å². The Morgan fingerprint density at radius 1 is 1.21 bits per heavy atom. The fourth-order valence-electron chi connectivity index (χ4n) is 3.98. The van der Waals surface area contributed by atoms with Gasteiger partial charge in [0.1, 0.15) is 18.1 Å². The Balaban J connectivity index is 1.32. The zero-order valence-electron chi connectivity index (χ0n) is 18.4. The van der Waals surface area contributed by atoms with E-state index in [1.54, 1.807) is 36.0 Å². The standard InChI is InChI=1S/C24H22ClN3O4S2/c1-14-27-20(15-4-2-5-16(25)12-15)22(34-14)24(30)28-8-11-33-19(28)13-26-23(29)17-6-3-7-18-21(17)32-10-9-31-18/h2-7,12,19H,8-11,13H2,1H3,(H,26,29). The molecule has 34 heavy (non-hydrogen) atoms. The number of thioether (sulfide) groups is 1. The molecule has 1 atom stereocenters. The van der Waals surface area contributed by atoms with E-state index in [4.69, 9.17) is 21.1 Å². The van der Waals surface area contributed by atoms with E-state index < -0.39 is 0 Å². The van der Waals surface area contributed by atoms with Crippen molar-refractivity contribution in [3.05, 3.63) is 62.9 Å². The van der Waals surface area contributed by atoms with E-state index in [1.807, 2.05) is 30.0 Å². The van der Waals surface area contributed by atoms with Gasteiger partial charge >= 0.3 is 0 Å². The van der Waals surface area contributed by atoms with Gasteiger partial charge in [-0.25, -0.2) is 4.98 Å². The quantitative estimate of drug-likeness (QED) is 0.539. The predicted octanol–water partition coefficient (Wildman–Crippen LogP) is 4.49. The van der Waals surface area contributed by atoms with Crippen molar-refractivity contribution in [1.82, 2.24) is 15.2 Å². The molecule has 2 aliphatic heterocycles. The molecule has 176 valence electrons. The summed E-state index contributed by atoms with van der Waals surface area (Å²) in [5.74, 6) is 1.49. The van der Waals surface area contributed by atoms with Crippen LogP contribution < -0.4 is 14.8 Å². The summed E-state index contributed by atoms with van der Waals surface area (Å²) in [6, 6.07) is 12.6. The average Bonchev–Trinajstić information content (AvgIpc) is 3.48. The minimum Gasteiger partial charge on any atom is -0.486 e. The molecular formula is C24H22ClN3O4S2. The number of nitrogens with one attached hydrogen (secondary N) is 1. The number of nitrogens with zero attached hydrogens (tertiary/aromatic N) is 2. The number of benzene rings is 2. The van der Waals surface area contributed by atoms with Crippen molar-refractivity contribution in [2.75, 3.05) is 32.1 Å². The molecule has 2 aliphatic rings. The van der Waals surface area contributed by atoms with Crippen LogP contribution in [0.5, 0.6) is 11.5 Å². The third kappa shape index (κ3) is 4.60. The minimum absolute atomic E-state index is 0.0846. The van der Waals surface area contributed by atoms with Crippen molar-refractivity contribution in [2.24, 2.45) is 0 Å². The van der Waals surface area contributed by atoms with Crippen LogP contribution in [-0.2, 0) is 0 Å². The van der Waals surface area contributed by atoms with E-state index in [0.717, 1.165) is 16.3 Å². The molecule has 1 unspecified atom stereocenters. The van der Waals surface area contributed by atoms with Crippen LogP contribution in [-0.4, -0.2) is 59.1 Å². The van der Waals surface area contributed by atoms with Crippen molar-refractivity contribution in [1.29, 1.82) is 0 Å². The van der Waals surface area contributed by atoms with Crippen LogP contribution in [0.2, 0.25) is 5.02 Å². The Bertz CT molecular complexity index is 1250. The molecule has 10 heteroatoms. The fourth-order valence-corrected chi connectivity index (χ4v) is 6.23. The fraction of sp³-hybridized carbons (Fsp3) is 0.292. The zero-order valence-corrected chi connectivity index (χ0v) is 20.8. The van der Waals surface area contributed by atoms with Crippen molar-refractivity contribution in [3.8, 4) is 22.8 Å². The Labute approximate surface area is 210 Å². The van der Waals surface area contributed by atoms with Gasteiger partial charge in [0.25, 0.3) is 11.8 Å². The van der Waals surface area contributed by atoms with Crippen molar-refractivity contribution < 1.29 is 19.1 Å². The minimum atomic E-state index is -0.254. The predicted molar refractivity (Wildman–Crippen MR) is 134 cm³/mol. The number of carbonyl (C=O) groups excluding carboxylic acids is 2. The molecule has 5 rings (SSSR count). The average molecular weight is 516 g/mol. The number of fused-ring (bicyclic) bond motifs is 1. The molecule has 0 radical (unpaired) electrons. The highest BCUT2D eigenvalue weighted by molar-refractivity contribution is 8.00. The maximum atomic E-state index is 13.6. The van der Waals surface area contributed by atoms with Crippen LogP contribution in [0, 0.1) is 6.92 Å². The number of hydrogen-bond donors (Lipinski definition) is 1. The molecule has 1 aromatic heterocycles. The molecule has 1 N–H and O–H groups in total. The van der Waals surface area contributed by atoms with Crippen LogP contribution in [0.25, 0.3) is 11.3 Å². The van der Waals surface area contributed by atoms with Crippen molar-refractivity contribution >= 4 is 46.5 Å². The third-order valence-corrected chi connectivity index (χ3v) is 7.94. The summed E-state index contributed by atoms with van der Waals surface area (Å²) in [4.78, 5) is 33.5. The molecule has 0 aliphatic carbocycles. The second-order valence-electron chi connectivity index (χ2n) is 7.78. The molecule has 0 saturated carbocycles. The summed E-state index contributed by atoms with van der Waals surface area (Å²) >= 11 is 9.19. The van der Waals surface area contributed by atoms with E-state index in [-0.39, 0.29) is 17.2 Å². The number of carbonyl (C=O) groups is 2. The summed E-state index contributed by atoms with van der Waals surface area (Å²) in [5.41, 5.74) is 1.88. The number of halogens is 1. The molecule has 7 nitrogen and oxygen atoms in total. The number of hydrogen-bond acceptors (Lipinski definition) is 7. The first kappa shape index (κ1) is 23.0. The maximum absolute atomic E-state index is 13.6. The van der Waals surface area contributed by atoms with Crippen LogP contribution in [0.15, 0.2) is 42.5 Å². The highest BCUT2D eigenvalue weighted by Crippen LogP contribution is 2.35. The Morgan fingerprint density at radius 3 is 2.88 bits per heavy atom. The lowest BCUT2D eigenvalue weighted by molar-refractivity contribution is 0.0755. The molecule has 3 heterocycles. The van der Waals surface area contributed by atoms with Crippen molar-refractivity contribution in [2.45, 2.75) is 12.3 Å². The van der Waals surface area contributed by atoms with Crippen molar-refractivity contribution in [3.63, 3.8) is 0 Å². The molecular weight excluding hydrogens is 494 g/mol. The lowest BCUT2D eigenvalue weighted by atomic mass is 10.1. The number of rotatable bonds is 5. The number of aromatic nitrogens is 1. The van der Waals surface area contributed by atoms with Gasteiger partial charge in [-0.2, -0.15) is 0 Å².